The molecule has 1 aromatic heterocycles. The molecule has 1 atom stereocenters. The van der Waals surface area contributed by atoms with Gasteiger partial charge in [-0.1, -0.05) is 12.1 Å². The van der Waals surface area contributed by atoms with Crippen molar-refractivity contribution in [2.75, 3.05) is 12.5 Å². The molecule has 0 aliphatic carbocycles. The van der Waals surface area contributed by atoms with Gasteiger partial charge in [0.2, 0.25) is 0 Å². The van der Waals surface area contributed by atoms with Crippen molar-refractivity contribution >= 4 is 6.03 Å². The summed E-state index contributed by atoms with van der Waals surface area (Å²) in [6.07, 6.45) is 1.36. The molecule has 7 nitrogen and oxygen atoms in total. The highest BCUT2D eigenvalue weighted by Gasteiger charge is 2.17. The van der Waals surface area contributed by atoms with Crippen molar-refractivity contribution in [2.45, 2.75) is 32.7 Å². The van der Waals surface area contributed by atoms with Gasteiger partial charge in [0.05, 0.1) is 0 Å². The molecule has 2 rings (SSSR count). The van der Waals surface area contributed by atoms with Crippen LogP contribution < -0.4 is 16.4 Å². The van der Waals surface area contributed by atoms with Gasteiger partial charge in [0, 0.05) is 13.1 Å². The van der Waals surface area contributed by atoms with Gasteiger partial charge in [0.1, 0.15) is 5.82 Å². The van der Waals surface area contributed by atoms with Gasteiger partial charge in [-0.15, -0.1) is 9.78 Å². The predicted octanol–water partition coefficient (Wildman–Crippen LogP) is 1.24. The van der Waals surface area contributed by atoms with Gasteiger partial charge in [-0.3, -0.25) is 0 Å². The van der Waals surface area contributed by atoms with Crippen LogP contribution in [0.2, 0.25) is 0 Å². The smallest absolute Gasteiger partial charge is 0.334 e. The second-order valence-electron chi connectivity index (χ2n) is 5.32. The summed E-state index contributed by atoms with van der Waals surface area (Å²) in [5.41, 5.74) is 3.09. The number of hydrogen-bond acceptors (Lipinski definition) is 4. The van der Waals surface area contributed by atoms with Crippen LogP contribution in [-0.4, -0.2) is 33.6 Å². The van der Waals surface area contributed by atoms with E-state index in [4.69, 9.17) is 0 Å². The number of nitrogens with zero attached hydrogens (tertiary/aromatic N) is 3. The second-order valence-corrected chi connectivity index (χ2v) is 5.32. The number of amides is 1. The molecule has 1 heterocycles. The van der Waals surface area contributed by atoms with Gasteiger partial charge in [-0.2, -0.15) is 4.68 Å². The Kier molecular flexibility index (Phi) is 5.15. The lowest BCUT2D eigenvalue weighted by Gasteiger charge is -2.13. The third-order valence-electron chi connectivity index (χ3n) is 3.51. The van der Waals surface area contributed by atoms with E-state index in [9.17, 15) is 14.0 Å². The summed E-state index contributed by atoms with van der Waals surface area (Å²) in [6, 6.07) is 5.52. The Morgan fingerprint density at radius 2 is 2.00 bits per heavy atom. The van der Waals surface area contributed by atoms with E-state index in [1.165, 1.54) is 16.8 Å². The Morgan fingerprint density at radius 3 is 2.57 bits per heavy atom. The molecular formula is C15H20FN5O2. The van der Waals surface area contributed by atoms with Crippen LogP contribution in [0.3, 0.4) is 0 Å². The van der Waals surface area contributed by atoms with Crippen molar-refractivity contribution in [2.24, 2.45) is 0 Å². The Bertz CT molecular complexity index is 735. The molecule has 1 unspecified atom stereocenters. The zero-order chi connectivity index (χ0) is 17.0. The maximum atomic E-state index is 12.8. The van der Waals surface area contributed by atoms with Crippen molar-refractivity contribution in [3.8, 4) is 0 Å². The molecule has 0 fully saturated rings. The van der Waals surface area contributed by atoms with E-state index in [1.807, 2.05) is 6.92 Å². The number of benzene rings is 1. The average Bonchev–Trinajstić information content (AvgIpc) is 2.81. The molecule has 0 saturated carbocycles. The van der Waals surface area contributed by atoms with Gasteiger partial charge in [-0.25, -0.2) is 14.0 Å². The summed E-state index contributed by atoms with van der Waals surface area (Å²) < 4.78 is 14.8. The van der Waals surface area contributed by atoms with Crippen LogP contribution in [0.25, 0.3) is 0 Å². The van der Waals surface area contributed by atoms with Gasteiger partial charge >= 0.3 is 11.7 Å². The molecule has 23 heavy (non-hydrogen) atoms. The minimum absolute atomic E-state index is 0.153. The Morgan fingerprint density at radius 1 is 1.35 bits per heavy atom. The Balaban J connectivity index is 1.94. The fourth-order valence-corrected chi connectivity index (χ4v) is 2.23. The molecule has 1 amide bonds. The van der Waals surface area contributed by atoms with E-state index in [-0.39, 0.29) is 11.9 Å². The van der Waals surface area contributed by atoms with Crippen molar-refractivity contribution in [3.63, 3.8) is 0 Å². The van der Waals surface area contributed by atoms with Crippen LogP contribution in [0.4, 0.5) is 9.18 Å². The number of aromatic nitrogens is 3. The zero-order valence-corrected chi connectivity index (χ0v) is 13.3. The van der Waals surface area contributed by atoms with Crippen LogP contribution in [-0.2, 0) is 6.42 Å². The third-order valence-corrected chi connectivity index (χ3v) is 3.51. The van der Waals surface area contributed by atoms with E-state index < -0.39 is 11.7 Å². The van der Waals surface area contributed by atoms with E-state index >= 15 is 0 Å². The highest BCUT2D eigenvalue weighted by Crippen LogP contribution is 2.07. The van der Waals surface area contributed by atoms with Crippen molar-refractivity contribution < 1.29 is 9.18 Å². The lowest BCUT2D eigenvalue weighted by Crippen LogP contribution is -2.42. The second kappa shape index (κ2) is 7.08. The van der Waals surface area contributed by atoms with Crippen molar-refractivity contribution in [3.05, 3.63) is 52.0 Å². The lowest BCUT2D eigenvalue weighted by atomic mass is 10.1. The number of aryl methyl sites for hydroxylation is 2. The summed E-state index contributed by atoms with van der Waals surface area (Å²) in [5.74, 6) is 0.122. The van der Waals surface area contributed by atoms with Crippen LogP contribution in [0, 0.1) is 12.7 Å². The first-order chi connectivity index (χ1) is 10.9. The van der Waals surface area contributed by atoms with E-state index in [0.29, 0.717) is 18.7 Å². The predicted molar refractivity (Wildman–Crippen MR) is 84.6 cm³/mol. The van der Waals surface area contributed by atoms with Crippen molar-refractivity contribution in [1.82, 2.24) is 19.8 Å². The third kappa shape index (κ3) is 3.97. The van der Waals surface area contributed by atoms with E-state index in [2.05, 4.69) is 15.8 Å². The quantitative estimate of drug-likeness (QED) is 0.868. The number of halogens is 1. The fourth-order valence-electron chi connectivity index (χ4n) is 2.23. The van der Waals surface area contributed by atoms with Crippen molar-refractivity contribution in [1.29, 1.82) is 0 Å². The topological polar surface area (TPSA) is 81.0 Å². The highest BCUT2D eigenvalue weighted by molar-refractivity contribution is 5.75. The molecule has 0 aliphatic heterocycles. The molecule has 1 aromatic carbocycles. The number of carbonyl (C=O) groups is 1. The van der Waals surface area contributed by atoms with Gasteiger partial charge in [0.25, 0.3) is 0 Å². The average molecular weight is 321 g/mol. The summed E-state index contributed by atoms with van der Waals surface area (Å²) in [6.45, 7) is 3.47. The summed E-state index contributed by atoms with van der Waals surface area (Å²) >= 11 is 0. The maximum absolute atomic E-state index is 12.8. The minimum atomic E-state index is -0.571. The molecule has 2 aromatic rings. The number of hydrogen-bond donors (Lipinski definition) is 2. The number of rotatable bonds is 5. The molecule has 124 valence electrons. The lowest BCUT2D eigenvalue weighted by molar-refractivity contribution is 0.234. The standard InChI is InChI=1S/C15H20FN5O2/c1-10(4-5-12-6-8-13(16)9-7-12)18-14(22)21-15(23)20(17-3)11(2)19-21/h6-10,17H,4-5H2,1-3H3,(H,18,22). The molecule has 8 heteroatoms. The Hall–Kier alpha value is -2.64. The van der Waals surface area contributed by atoms with Gasteiger partial charge < -0.3 is 10.7 Å². The largest absolute Gasteiger partial charge is 0.373 e. The van der Waals surface area contributed by atoms with E-state index in [0.717, 1.165) is 10.2 Å². The first-order valence-electron chi connectivity index (χ1n) is 7.34. The van der Waals surface area contributed by atoms with Gasteiger partial charge in [0.15, 0.2) is 5.82 Å². The molecule has 0 spiro atoms. The molecule has 2 N–H and O–H groups in total. The molecule has 0 bridgehead atoms. The Labute approximate surface area is 133 Å². The summed E-state index contributed by atoms with van der Waals surface area (Å²) in [5, 5.41) is 6.64. The van der Waals surface area contributed by atoms with Gasteiger partial charge in [-0.05, 0) is 44.4 Å². The zero-order valence-electron chi connectivity index (χ0n) is 13.3. The minimum Gasteiger partial charge on any atom is -0.334 e. The van der Waals surface area contributed by atoms with Crippen LogP contribution >= 0.6 is 0 Å². The first-order valence-corrected chi connectivity index (χ1v) is 7.34. The van der Waals surface area contributed by atoms with Crippen LogP contribution in [0.1, 0.15) is 24.7 Å². The maximum Gasteiger partial charge on any atom is 0.373 e. The first kappa shape index (κ1) is 16.7. The monoisotopic (exact) mass is 321 g/mol. The normalized spacial score (nSPS) is 12.0. The molecule has 0 radical (unpaired) electrons. The fraction of sp³-hybridized carbons (Fsp3) is 0.400. The highest BCUT2D eigenvalue weighted by atomic mass is 19.1. The SMILES string of the molecule is CNn1c(C)nn(C(=O)NC(C)CCc2ccc(F)cc2)c1=O. The molecule has 0 aliphatic rings. The molecular weight excluding hydrogens is 301 g/mol. The summed E-state index contributed by atoms with van der Waals surface area (Å²) in [7, 11) is 1.57. The summed E-state index contributed by atoms with van der Waals surface area (Å²) in [4.78, 5) is 24.1. The van der Waals surface area contributed by atoms with Crippen LogP contribution in [0.15, 0.2) is 29.1 Å². The number of carbonyl (C=O) groups excluding carboxylic acids is 1. The number of nitrogens with one attached hydrogen (secondary N) is 2. The molecule has 0 saturated heterocycles. The van der Waals surface area contributed by atoms with E-state index in [1.54, 1.807) is 26.1 Å². The van der Waals surface area contributed by atoms with Crippen LogP contribution in [0.5, 0.6) is 0 Å².